The van der Waals surface area contributed by atoms with Crippen LogP contribution < -0.4 is 4.74 Å². The fraction of sp³-hybridized carbons (Fsp3) is 0.500. The van der Waals surface area contributed by atoms with Crippen molar-refractivity contribution in [3.8, 4) is 5.75 Å². The first kappa shape index (κ1) is 14.3. The summed E-state index contributed by atoms with van der Waals surface area (Å²) in [5.41, 5.74) is 0.677. The van der Waals surface area contributed by atoms with E-state index in [-0.39, 0.29) is 19.1 Å². The highest BCUT2D eigenvalue weighted by atomic mass is 79.9. The van der Waals surface area contributed by atoms with Gasteiger partial charge in [0.05, 0.1) is 11.1 Å². The van der Waals surface area contributed by atoms with Gasteiger partial charge in [-0.05, 0) is 41.8 Å². The molecule has 0 aromatic heterocycles. The second kappa shape index (κ2) is 6.39. The van der Waals surface area contributed by atoms with E-state index in [9.17, 15) is 9.90 Å². The fourth-order valence-corrected chi connectivity index (χ4v) is 2.60. The van der Waals surface area contributed by atoms with Crippen molar-refractivity contribution < 1.29 is 14.6 Å². The summed E-state index contributed by atoms with van der Waals surface area (Å²) in [5.74, 6) is 0.551. The minimum absolute atomic E-state index is 0.00430. The van der Waals surface area contributed by atoms with Crippen LogP contribution in [0.2, 0.25) is 0 Å². The first-order valence-electron chi connectivity index (χ1n) is 6.47. The number of hydrogen-bond acceptors (Lipinski definition) is 3. The summed E-state index contributed by atoms with van der Waals surface area (Å²) < 4.78 is 6.33. The van der Waals surface area contributed by atoms with Crippen LogP contribution in [0.1, 0.15) is 25.3 Å². The Morgan fingerprint density at radius 1 is 1.53 bits per heavy atom. The van der Waals surface area contributed by atoms with E-state index in [1.165, 1.54) is 0 Å². The van der Waals surface area contributed by atoms with E-state index >= 15 is 0 Å². The van der Waals surface area contributed by atoms with Crippen LogP contribution in [0.5, 0.6) is 5.75 Å². The maximum absolute atomic E-state index is 12.1. The molecule has 0 saturated heterocycles. The van der Waals surface area contributed by atoms with Gasteiger partial charge in [0.25, 0.3) is 5.91 Å². The molecule has 0 spiro atoms. The molecule has 2 rings (SSSR count). The third-order valence-electron chi connectivity index (χ3n) is 3.21. The largest absolute Gasteiger partial charge is 0.482 e. The number of hydrogen-bond donors (Lipinski definition) is 1. The molecule has 1 N–H and O–H groups in total. The fourth-order valence-electron chi connectivity index (χ4n) is 2.08. The number of para-hydroxylation sites is 1. The van der Waals surface area contributed by atoms with Crippen LogP contribution in [-0.4, -0.2) is 35.1 Å². The number of carbonyl (C=O) groups excluding carboxylic acids is 1. The molecule has 0 unspecified atom stereocenters. The molecule has 19 heavy (non-hydrogen) atoms. The number of aliphatic hydroxyl groups excluding tert-OH is 1. The lowest BCUT2D eigenvalue weighted by molar-refractivity contribution is -0.133. The van der Waals surface area contributed by atoms with E-state index in [1.807, 2.05) is 24.0 Å². The molecule has 1 saturated carbocycles. The summed E-state index contributed by atoms with van der Waals surface area (Å²) in [6.07, 6.45) is 2.19. The number of nitrogens with zero attached hydrogens (tertiary/aromatic N) is 1. The Labute approximate surface area is 121 Å². The first-order valence-corrected chi connectivity index (χ1v) is 7.27. The minimum Gasteiger partial charge on any atom is -0.482 e. The molecule has 1 fully saturated rings. The number of carbonyl (C=O) groups is 1. The van der Waals surface area contributed by atoms with Gasteiger partial charge in [0.1, 0.15) is 5.75 Å². The Morgan fingerprint density at radius 2 is 2.26 bits per heavy atom. The summed E-state index contributed by atoms with van der Waals surface area (Å²) in [7, 11) is 0. The zero-order chi connectivity index (χ0) is 13.8. The Kier molecular flexibility index (Phi) is 4.82. The minimum atomic E-state index is -0.108. The van der Waals surface area contributed by atoms with E-state index in [0.29, 0.717) is 17.4 Å². The predicted molar refractivity (Wildman–Crippen MR) is 76.0 cm³/mol. The zero-order valence-electron chi connectivity index (χ0n) is 10.9. The number of rotatable bonds is 6. The van der Waals surface area contributed by atoms with Gasteiger partial charge in [0.2, 0.25) is 0 Å². The SMILES string of the molecule is CCN(C(=O)COc1c(Br)cccc1CO)C1CC1. The molecule has 1 aromatic rings. The van der Waals surface area contributed by atoms with Crippen molar-refractivity contribution in [2.24, 2.45) is 0 Å². The topological polar surface area (TPSA) is 49.8 Å². The summed E-state index contributed by atoms with van der Waals surface area (Å²) in [5, 5.41) is 9.27. The average Bonchev–Trinajstić information content (AvgIpc) is 3.22. The Bertz CT molecular complexity index is 460. The number of benzene rings is 1. The van der Waals surface area contributed by atoms with Gasteiger partial charge in [-0.2, -0.15) is 0 Å². The van der Waals surface area contributed by atoms with E-state index < -0.39 is 0 Å². The molecule has 1 aliphatic carbocycles. The van der Waals surface area contributed by atoms with Crippen LogP contribution >= 0.6 is 15.9 Å². The summed E-state index contributed by atoms with van der Waals surface area (Å²) in [6.45, 7) is 2.60. The molecule has 1 aliphatic rings. The van der Waals surface area contributed by atoms with Gasteiger partial charge in [0.15, 0.2) is 6.61 Å². The van der Waals surface area contributed by atoms with E-state index in [2.05, 4.69) is 15.9 Å². The van der Waals surface area contributed by atoms with Crippen molar-refractivity contribution in [2.45, 2.75) is 32.4 Å². The normalized spacial score (nSPS) is 14.3. The first-order chi connectivity index (χ1) is 9.17. The number of ether oxygens (including phenoxy) is 1. The molecule has 1 aromatic carbocycles. The third kappa shape index (κ3) is 3.48. The van der Waals surface area contributed by atoms with Crippen molar-refractivity contribution in [3.63, 3.8) is 0 Å². The molecule has 0 bridgehead atoms. The quantitative estimate of drug-likeness (QED) is 0.872. The number of aliphatic hydroxyl groups is 1. The van der Waals surface area contributed by atoms with E-state index in [0.717, 1.165) is 23.9 Å². The average molecular weight is 328 g/mol. The molecule has 104 valence electrons. The lowest BCUT2D eigenvalue weighted by Crippen LogP contribution is -2.36. The monoisotopic (exact) mass is 327 g/mol. The van der Waals surface area contributed by atoms with Crippen molar-refractivity contribution >= 4 is 21.8 Å². The standard InChI is InChI=1S/C14H18BrNO3/c1-2-16(11-6-7-11)13(18)9-19-14-10(8-17)4-3-5-12(14)15/h3-5,11,17H,2,6-9H2,1H3. The van der Waals surface area contributed by atoms with Gasteiger partial charge in [-0.1, -0.05) is 12.1 Å². The maximum Gasteiger partial charge on any atom is 0.260 e. The van der Waals surface area contributed by atoms with Crippen LogP contribution in [0.4, 0.5) is 0 Å². The highest BCUT2D eigenvalue weighted by molar-refractivity contribution is 9.10. The molecular weight excluding hydrogens is 310 g/mol. The third-order valence-corrected chi connectivity index (χ3v) is 3.83. The Balaban J connectivity index is 2.00. The second-order valence-electron chi connectivity index (χ2n) is 4.59. The smallest absolute Gasteiger partial charge is 0.260 e. The highest BCUT2D eigenvalue weighted by Gasteiger charge is 2.31. The Morgan fingerprint density at radius 3 is 2.84 bits per heavy atom. The van der Waals surface area contributed by atoms with Crippen molar-refractivity contribution in [1.82, 2.24) is 4.90 Å². The second-order valence-corrected chi connectivity index (χ2v) is 5.44. The van der Waals surface area contributed by atoms with Crippen LogP contribution in [0.25, 0.3) is 0 Å². The van der Waals surface area contributed by atoms with Crippen LogP contribution in [0.15, 0.2) is 22.7 Å². The van der Waals surface area contributed by atoms with Gasteiger partial charge in [-0.15, -0.1) is 0 Å². The van der Waals surface area contributed by atoms with Crippen LogP contribution in [0, 0.1) is 0 Å². The lowest BCUT2D eigenvalue weighted by atomic mass is 10.2. The maximum atomic E-state index is 12.1. The molecule has 1 amide bonds. The molecule has 5 heteroatoms. The molecular formula is C14H18BrNO3. The predicted octanol–water partition coefficient (Wildman–Crippen LogP) is 2.33. The summed E-state index contributed by atoms with van der Waals surface area (Å²) in [4.78, 5) is 13.9. The number of halogens is 1. The molecule has 0 heterocycles. The summed E-state index contributed by atoms with van der Waals surface area (Å²) >= 11 is 3.37. The molecule has 0 aliphatic heterocycles. The number of amides is 1. The molecule has 4 nitrogen and oxygen atoms in total. The molecule has 0 radical (unpaired) electrons. The van der Waals surface area contributed by atoms with Gasteiger partial charge < -0.3 is 14.7 Å². The van der Waals surface area contributed by atoms with Gasteiger partial charge in [-0.3, -0.25) is 4.79 Å². The van der Waals surface area contributed by atoms with Crippen molar-refractivity contribution in [2.75, 3.05) is 13.2 Å². The lowest BCUT2D eigenvalue weighted by Gasteiger charge is -2.21. The van der Waals surface area contributed by atoms with Gasteiger partial charge in [-0.25, -0.2) is 0 Å². The molecule has 0 atom stereocenters. The van der Waals surface area contributed by atoms with Crippen LogP contribution in [0.3, 0.4) is 0 Å². The van der Waals surface area contributed by atoms with Gasteiger partial charge in [0, 0.05) is 18.2 Å². The van der Waals surface area contributed by atoms with Gasteiger partial charge >= 0.3 is 0 Å². The van der Waals surface area contributed by atoms with Crippen molar-refractivity contribution in [1.29, 1.82) is 0 Å². The van der Waals surface area contributed by atoms with E-state index in [4.69, 9.17) is 4.74 Å². The zero-order valence-corrected chi connectivity index (χ0v) is 12.5. The Hall–Kier alpha value is -1.07. The van der Waals surface area contributed by atoms with Crippen LogP contribution in [-0.2, 0) is 11.4 Å². The van der Waals surface area contributed by atoms with E-state index in [1.54, 1.807) is 6.07 Å². The van der Waals surface area contributed by atoms with Crippen molar-refractivity contribution in [3.05, 3.63) is 28.2 Å². The number of likely N-dealkylation sites (N-methyl/N-ethyl adjacent to an activating group) is 1. The highest BCUT2D eigenvalue weighted by Crippen LogP contribution is 2.30. The summed E-state index contributed by atoms with van der Waals surface area (Å²) in [6, 6.07) is 5.84.